The molecular weight excluding hydrogens is 284 g/mol. The van der Waals surface area contributed by atoms with E-state index in [1.54, 1.807) is 0 Å². The zero-order chi connectivity index (χ0) is 15.3. The minimum Gasteiger partial charge on any atom is -0.379 e. The molecule has 0 saturated carbocycles. The summed E-state index contributed by atoms with van der Waals surface area (Å²) in [5, 5.41) is 4.47. The average Bonchev–Trinajstić information content (AvgIpc) is 2.49. The van der Waals surface area contributed by atoms with Gasteiger partial charge in [0.25, 0.3) is 0 Å². The highest BCUT2D eigenvalue weighted by Crippen LogP contribution is 2.16. The highest BCUT2D eigenvalue weighted by atomic mass is 35.5. The van der Waals surface area contributed by atoms with Crippen LogP contribution in [-0.2, 0) is 11.2 Å². The van der Waals surface area contributed by atoms with Crippen molar-refractivity contribution >= 4 is 11.6 Å². The summed E-state index contributed by atoms with van der Waals surface area (Å²) in [7, 11) is 0. The fraction of sp³-hybridized carbons (Fsp3) is 0.647. The largest absolute Gasteiger partial charge is 0.379 e. The quantitative estimate of drug-likeness (QED) is 0.874. The van der Waals surface area contributed by atoms with Crippen molar-refractivity contribution in [3.63, 3.8) is 0 Å². The Morgan fingerprint density at radius 2 is 1.86 bits per heavy atom. The molecule has 1 aliphatic heterocycles. The second-order valence-corrected chi connectivity index (χ2v) is 6.96. The third kappa shape index (κ3) is 5.26. The van der Waals surface area contributed by atoms with Crippen LogP contribution in [0.2, 0.25) is 5.02 Å². The van der Waals surface area contributed by atoms with E-state index < -0.39 is 0 Å². The van der Waals surface area contributed by atoms with Crippen LogP contribution in [0.25, 0.3) is 0 Å². The Bertz CT molecular complexity index is 427. The van der Waals surface area contributed by atoms with Crippen LogP contribution in [0.4, 0.5) is 0 Å². The second-order valence-electron chi connectivity index (χ2n) is 6.52. The molecule has 1 aromatic carbocycles. The van der Waals surface area contributed by atoms with E-state index in [1.807, 2.05) is 12.1 Å². The molecule has 3 nitrogen and oxygen atoms in total. The van der Waals surface area contributed by atoms with Crippen molar-refractivity contribution in [1.82, 2.24) is 10.2 Å². The van der Waals surface area contributed by atoms with Crippen molar-refractivity contribution < 1.29 is 4.74 Å². The van der Waals surface area contributed by atoms with Crippen LogP contribution in [0.15, 0.2) is 24.3 Å². The van der Waals surface area contributed by atoms with Crippen molar-refractivity contribution in [3.8, 4) is 0 Å². The molecule has 1 saturated heterocycles. The third-order valence-electron chi connectivity index (χ3n) is 4.21. The lowest BCUT2D eigenvalue weighted by molar-refractivity contribution is -0.0102. The first-order valence-electron chi connectivity index (χ1n) is 7.78. The van der Waals surface area contributed by atoms with Gasteiger partial charge in [0, 0.05) is 36.2 Å². The van der Waals surface area contributed by atoms with Crippen molar-refractivity contribution in [2.75, 3.05) is 32.8 Å². The van der Waals surface area contributed by atoms with E-state index in [0.717, 1.165) is 44.3 Å². The molecule has 1 fully saturated rings. The predicted molar refractivity (Wildman–Crippen MR) is 89.1 cm³/mol. The van der Waals surface area contributed by atoms with Gasteiger partial charge < -0.3 is 10.1 Å². The fourth-order valence-electron chi connectivity index (χ4n) is 2.75. The van der Waals surface area contributed by atoms with Crippen molar-refractivity contribution in [1.29, 1.82) is 0 Å². The summed E-state index contributed by atoms with van der Waals surface area (Å²) in [4.78, 5) is 2.51. The fourth-order valence-corrected chi connectivity index (χ4v) is 2.88. The van der Waals surface area contributed by atoms with E-state index in [2.05, 4.69) is 43.1 Å². The highest BCUT2D eigenvalue weighted by Gasteiger charge is 2.28. The summed E-state index contributed by atoms with van der Waals surface area (Å²) in [6, 6.07) is 8.58. The molecule has 1 aromatic rings. The molecule has 0 spiro atoms. The lowest BCUT2D eigenvalue weighted by Gasteiger charge is -2.41. The van der Waals surface area contributed by atoms with Gasteiger partial charge in [0.15, 0.2) is 0 Å². The molecule has 1 N–H and O–H groups in total. The average molecular weight is 311 g/mol. The Labute approximate surface area is 133 Å². The number of morpholine rings is 1. The minimum atomic E-state index is 0.165. The van der Waals surface area contributed by atoms with Gasteiger partial charge in [0.05, 0.1) is 13.2 Å². The van der Waals surface area contributed by atoms with Crippen molar-refractivity contribution in [2.45, 2.75) is 38.8 Å². The molecule has 21 heavy (non-hydrogen) atoms. The number of benzene rings is 1. The van der Waals surface area contributed by atoms with Crippen LogP contribution in [0.5, 0.6) is 0 Å². The SMILES string of the molecule is CC(Cc1ccc(Cl)cc1)NCC(C)(C)N1CCOCC1. The number of hydrogen-bond donors (Lipinski definition) is 1. The minimum absolute atomic E-state index is 0.165. The summed E-state index contributed by atoms with van der Waals surface area (Å²) in [6.45, 7) is 11.6. The van der Waals surface area contributed by atoms with Crippen molar-refractivity contribution in [2.24, 2.45) is 0 Å². The van der Waals surface area contributed by atoms with Gasteiger partial charge in [-0.15, -0.1) is 0 Å². The van der Waals surface area contributed by atoms with E-state index in [9.17, 15) is 0 Å². The topological polar surface area (TPSA) is 24.5 Å². The first-order valence-corrected chi connectivity index (χ1v) is 8.16. The molecule has 0 radical (unpaired) electrons. The van der Waals surface area contributed by atoms with Crippen molar-refractivity contribution in [3.05, 3.63) is 34.9 Å². The Morgan fingerprint density at radius 1 is 1.24 bits per heavy atom. The predicted octanol–water partition coefficient (Wildman–Crippen LogP) is 2.97. The number of rotatable bonds is 6. The molecule has 0 aliphatic carbocycles. The molecular formula is C17H27ClN2O. The number of nitrogens with one attached hydrogen (secondary N) is 1. The van der Waals surface area contributed by atoms with Crippen LogP contribution < -0.4 is 5.32 Å². The molecule has 0 amide bonds. The van der Waals surface area contributed by atoms with Crippen LogP contribution in [0.3, 0.4) is 0 Å². The van der Waals surface area contributed by atoms with Crippen LogP contribution in [-0.4, -0.2) is 49.3 Å². The van der Waals surface area contributed by atoms with E-state index in [-0.39, 0.29) is 5.54 Å². The van der Waals surface area contributed by atoms with E-state index in [4.69, 9.17) is 16.3 Å². The third-order valence-corrected chi connectivity index (χ3v) is 4.46. The number of halogens is 1. The van der Waals surface area contributed by atoms with Crippen LogP contribution >= 0.6 is 11.6 Å². The Morgan fingerprint density at radius 3 is 2.48 bits per heavy atom. The number of hydrogen-bond acceptors (Lipinski definition) is 3. The Balaban J connectivity index is 1.79. The maximum absolute atomic E-state index is 5.92. The smallest absolute Gasteiger partial charge is 0.0594 e. The Kier molecular flexibility index (Phi) is 6.06. The lowest BCUT2D eigenvalue weighted by Crippen LogP contribution is -2.55. The van der Waals surface area contributed by atoms with Gasteiger partial charge in [-0.2, -0.15) is 0 Å². The maximum Gasteiger partial charge on any atom is 0.0594 e. The summed E-state index contributed by atoms with van der Waals surface area (Å²) in [5.74, 6) is 0. The number of nitrogens with zero attached hydrogens (tertiary/aromatic N) is 1. The molecule has 4 heteroatoms. The normalized spacial score (nSPS) is 18.7. The highest BCUT2D eigenvalue weighted by molar-refractivity contribution is 6.30. The second kappa shape index (κ2) is 7.59. The van der Waals surface area contributed by atoms with Gasteiger partial charge in [0.2, 0.25) is 0 Å². The van der Waals surface area contributed by atoms with E-state index in [1.165, 1.54) is 5.56 Å². The van der Waals surface area contributed by atoms with E-state index in [0.29, 0.717) is 6.04 Å². The maximum atomic E-state index is 5.92. The molecule has 1 atom stereocenters. The molecule has 1 aliphatic rings. The van der Waals surface area contributed by atoms with Gasteiger partial charge in [-0.25, -0.2) is 0 Å². The summed E-state index contributed by atoms with van der Waals surface area (Å²) >= 11 is 5.92. The van der Waals surface area contributed by atoms with Gasteiger partial charge in [-0.05, 0) is 44.9 Å². The molecule has 1 unspecified atom stereocenters. The zero-order valence-electron chi connectivity index (χ0n) is 13.4. The van der Waals surface area contributed by atoms with Gasteiger partial charge in [-0.1, -0.05) is 23.7 Å². The molecule has 0 bridgehead atoms. The molecule has 118 valence electrons. The molecule has 0 aromatic heterocycles. The van der Waals surface area contributed by atoms with Crippen LogP contribution in [0.1, 0.15) is 26.3 Å². The van der Waals surface area contributed by atoms with Gasteiger partial charge in [-0.3, -0.25) is 4.90 Å². The zero-order valence-corrected chi connectivity index (χ0v) is 14.1. The monoisotopic (exact) mass is 310 g/mol. The standard InChI is InChI=1S/C17H27ClN2O/c1-14(12-15-4-6-16(18)7-5-15)19-13-17(2,3)20-8-10-21-11-9-20/h4-7,14,19H,8-13H2,1-3H3. The van der Waals surface area contributed by atoms with Gasteiger partial charge >= 0.3 is 0 Å². The number of ether oxygens (including phenoxy) is 1. The van der Waals surface area contributed by atoms with Crippen LogP contribution in [0, 0.1) is 0 Å². The summed E-state index contributed by atoms with van der Waals surface area (Å²) < 4.78 is 5.44. The van der Waals surface area contributed by atoms with Gasteiger partial charge in [0.1, 0.15) is 0 Å². The summed E-state index contributed by atoms with van der Waals surface area (Å²) in [5.41, 5.74) is 1.49. The molecule has 2 rings (SSSR count). The molecule has 1 heterocycles. The first-order chi connectivity index (χ1) is 9.97. The lowest BCUT2D eigenvalue weighted by atomic mass is 10.0. The summed E-state index contributed by atoms with van der Waals surface area (Å²) in [6.07, 6.45) is 1.02. The van der Waals surface area contributed by atoms with E-state index >= 15 is 0 Å². The Hall–Kier alpha value is -0.610. The first kappa shape index (κ1) is 16.8.